The van der Waals surface area contributed by atoms with Crippen molar-refractivity contribution in [3.05, 3.63) is 10.1 Å². The predicted molar refractivity (Wildman–Crippen MR) is 63.6 cm³/mol. The highest BCUT2D eigenvalue weighted by molar-refractivity contribution is 6.76. The van der Waals surface area contributed by atoms with Gasteiger partial charge in [0, 0.05) is 8.07 Å². The number of rotatable bonds is 5. The third-order valence-corrected chi connectivity index (χ3v) is 3.90. The fourth-order valence-electron chi connectivity index (χ4n) is 1.11. The Balaban J connectivity index is 2.57. The topological polar surface area (TPSA) is 106 Å². The Kier molecular flexibility index (Phi) is 3.83. The predicted octanol–water partition coefficient (Wildman–Crippen LogP) is -0.0656. The summed E-state index contributed by atoms with van der Waals surface area (Å²) < 4.78 is 4.90. The zero-order chi connectivity index (χ0) is 13.1. The third kappa shape index (κ3) is 3.23. The minimum atomic E-state index is -2.24. The monoisotopic (exact) mass is 260 g/mol. The van der Waals surface area contributed by atoms with Gasteiger partial charge in [0.2, 0.25) is 0 Å². The SMILES string of the molecule is C[Si](C)(C)CCOC(=O)C1([N+](=O)[O-])N=CNN1. The fraction of sp³-hybridized carbons (Fsp3) is 0.750. The van der Waals surface area contributed by atoms with E-state index in [1.807, 2.05) is 0 Å². The smallest absolute Gasteiger partial charge is 0.458 e. The van der Waals surface area contributed by atoms with Crippen molar-refractivity contribution < 1.29 is 14.5 Å². The Bertz CT molecular complexity index is 354. The molecule has 96 valence electrons. The van der Waals surface area contributed by atoms with Crippen LogP contribution in [0.25, 0.3) is 0 Å². The summed E-state index contributed by atoms with van der Waals surface area (Å²) in [5.41, 5.74) is 4.49. The van der Waals surface area contributed by atoms with Crippen LogP contribution in [0.2, 0.25) is 25.7 Å². The van der Waals surface area contributed by atoms with Gasteiger partial charge in [0.05, 0.1) is 11.5 Å². The largest absolute Gasteiger partial charge is 0.487 e. The van der Waals surface area contributed by atoms with E-state index in [0.717, 1.165) is 12.4 Å². The normalized spacial score (nSPS) is 23.2. The van der Waals surface area contributed by atoms with Crippen LogP contribution < -0.4 is 10.9 Å². The molecule has 0 saturated heterocycles. The summed E-state index contributed by atoms with van der Waals surface area (Å²) in [4.78, 5) is 25.1. The second-order valence-corrected chi connectivity index (χ2v) is 10.5. The van der Waals surface area contributed by atoms with Gasteiger partial charge in [-0.3, -0.25) is 10.1 Å². The number of aliphatic imine (C=N–C) groups is 1. The molecular weight excluding hydrogens is 244 g/mol. The lowest BCUT2D eigenvalue weighted by Crippen LogP contribution is -2.57. The maximum atomic E-state index is 11.6. The second-order valence-electron chi connectivity index (χ2n) is 4.90. The number of carbonyl (C=O) groups is 1. The first kappa shape index (κ1) is 13.6. The van der Waals surface area contributed by atoms with E-state index in [-0.39, 0.29) is 6.61 Å². The standard InChI is InChI=1S/C8H16N4O4Si/c1-17(2,3)5-4-16-7(13)8(12(14)15)9-6-10-11-8/h6,11H,4-5H2,1-3H3,(H,9,10). The van der Waals surface area contributed by atoms with Gasteiger partial charge in [-0.15, -0.1) is 5.43 Å². The van der Waals surface area contributed by atoms with E-state index in [9.17, 15) is 14.9 Å². The van der Waals surface area contributed by atoms with Crippen molar-refractivity contribution in [2.24, 2.45) is 4.99 Å². The number of hydrogen-bond donors (Lipinski definition) is 2. The molecule has 0 aromatic heterocycles. The fourth-order valence-corrected chi connectivity index (χ4v) is 1.83. The number of nitrogens with one attached hydrogen (secondary N) is 2. The lowest BCUT2D eigenvalue weighted by molar-refractivity contribution is -0.560. The van der Waals surface area contributed by atoms with E-state index in [4.69, 9.17) is 4.74 Å². The number of nitro groups is 1. The molecular formula is C8H16N4O4Si. The molecule has 0 fully saturated rings. The molecule has 9 heteroatoms. The molecule has 1 rings (SSSR count). The zero-order valence-corrected chi connectivity index (χ0v) is 11.0. The second kappa shape index (κ2) is 4.80. The number of hydrazine groups is 1. The van der Waals surface area contributed by atoms with E-state index in [1.54, 1.807) is 0 Å². The lowest BCUT2D eigenvalue weighted by atomic mass is 10.4. The van der Waals surface area contributed by atoms with Crippen LogP contribution in [0.5, 0.6) is 0 Å². The Morgan fingerprint density at radius 3 is 2.65 bits per heavy atom. The van der Waals surface area contributed by atoms with Gasteiger partial charge >= 0.3 is 11.8 Å². The van der Waals surface area contributed by atoms with Crippen molar-refractivity contribution in [3.8, 4) is 0 Å². The quantitative estimate of drug-likeness (QED) is 0.310. The van der Waals surface area contributed by atoms with Crippen molar-refractivity contribution in [1.29, 1.82) is 0 Å². The molecule has 0 aliphatic carbocycles. The average Bonchev–Trinajstić information content (AvgIpc) is 2.64. The molecule has 0 bridgehead atoms. The number of hydrogen-bond acceptors (Lipinski definition) is 7. The van der Waals surface area contributed by atoms with E-state index >= 15 is 0 Å². The summed E-state index contributed by atoms with van der Waals surface area (Å²) in [6.45, 7) is 6.55. The molecule has 0 saturated carbocycles. The summed E-state index contributed by atoms with van der Waals surface area (Å²) in [7, 11) is -1.34. The Morgan fingerprint density at radius 2 is 2.24 bits per heavy atom. The molecule has 8 nitrogen and oxygen atoms in total. The first-order valence-electron chi connectivity index (χ1n) is 5.16. The van der Waals surface area contributed by atoms with Crippen LogP contribution in [0, 0.1) is 10.1 Å². The van der Waals surface area contributed by atoms with Crippen molar-refractivity contribution in [2.75, 3.05) is 6.61 Å². The van der Waals surface area contributed by atoms with E-state index in [1.165, 1.54) is 0 Å². The molecule has 1 atom stereocenters. The Hall–Kier alpha value is -1.48. The summed E-state index contributed by atoms with van der Waals surface area (Å²) in [5.74, 6) is -3.23. The van der Waals surface area contributed by atoms with Crippen LogP contribution in [-0.4, -0.2) is 37.7 Å². The number of esters is 1. The number of nitrogens with zero attached hydrogens (tertiary/aromatic N) is 2. The van der Waals surface area contributed by atoms with Gasteiger partial charge in [-0.25, -0.2) is 4.79 Å². The average molecular weight is 260 g/mol. The van der Waals surface area contributed by atoms with Gasteiger partial charge in [-0.05, 0) is 6.04 Å². The van der Waals surface area contributed by atoms with Gasteiger partial charge < -0.3 is 10.2 Å². The van der Waals surface area contributed by atoms with Gasteiger partial charge in [0.15, 0.2) is 0 Å². The highest BCUT2D eigenvalue weighted by Crippen LogP contribution is 2.14. The van der Waals surface area contributed by atoms with Crippen LogP contribution >= 0.6 is 0 Å². The summed E-state index contributed by atoms with van der Waals surface area (Å²) in [5, 5.41) is 10.8. The van der Waals surface area contributed by atoms with Crippen LogP contribution in [0.4, 0.5) is 0 Å². The maximum Gasteiger partial charge on any atom is 0.487 e. The molecule has 1 aliphatic heterocycles. The summed E-state index contributed by atoms with van der Waals surface area (Å²) >= 11 is 0. The summed E-state index contributed by atoms with van der Waals surface area (Å²) in [6.07, 6.45) is 1.06. The Labute approximate surface area is 99.6 Å². The van der Waals surface area contributed by atoms with Crippen molar-refractivity contribution in [2.45, 2.75) is 31.5 Å². The first-order valence-corrected chi connectivity index (χ1v) is 8.87. The molecule has 2 N–H and O–H groups in total. The van der Waals surface area contributed by atoms with Crippen LogP contribution in [0.1, 0.15) is 0 Å². The van der Waals surface area contributed by atoms with Crippen molar-refractivity contribution in [3.63, 3.8) is 0 Å². The molecule has 0 aromatic rings. The van der Waals surface area contributed by atoms with Crippen LogP contribution in [-0.2, 0) is 9.53 Å². The van der Waals surface area contributed by atoms with E-state index in [2.05, 4.69) is 35.5 Å². The molecule has 1 aliphatic rings. The Morgan fingerprint density at radius 1 is 1.59 bits per heavy atom. The minimum Gasteiger partial charge on any atom is -0.458 e. The van der Waals surface area contributed by atoms with Crippen LogP contribution in [0.3, 0.4) is 0 Å². The molecule has 0 aromatic carbocycles. The van der Waals surface area contributed by atoms with Gasteiger partial charge in [0.25, 0.3) is 0 Å². The summed E-state index contributed by atoms with van der Waals surface area (Å²) in [6, 6.07) is 0.754. The molecule has 0 amide bonds. The minimum absolute atomic E-state index is 0.182. The number of carbonyl (C=O) groups excluding carboxylic acids is 1. The molecule has 0 spiro atoms. The first-order chi connectivity index (χ1) is 7.78. The van der Waals surface area contributed by atoms with Crippen LogP contribution in [0.15, 0.2) is 4.99 Å². The third-order valence-electron chi connectivity index (χ3n) is 2.20. The van der Waals surface area contributed by atoms with E-state index in [0.29, 0.717) is 0 Å². The van der Waals surface area contributed by atoms with Crippen molar-refractivity contribution in [1.82, 2.24) is 10.9 Å². The van der Waals surface area contributed by atoms with Gasteiger partial charge in [-0.2, -0.15) is 4.99 Å². The zero-order valence-electron chi connectivity index (χ0n) is 10.0. The highest BCUT2D eigenvalue weighted by atomic mass is 28.3. The lowest BCUT2D eigenvalue weighted by Gasteiger charge is -2.18. The molecule has 0 radical (unpaired) electrons. The maximum absolute atomic E-state index is 11.6. The van der Waals surface area contributed by atoms with Gasteiger partial charge in [-0.1, -0.05) is 19.6 Å². The highest BCUT2D eigenvalue weighted by Gasteiger charge is 2.55. The molecule has 1 unspecified atom stereocenters. The number of ether oxygens (including phenoxy) is 1. The van der Waals surface area contributed by atoms with E-state index < -0.39 is 24.8 Å². The van der Waals surface area contributed by atoms with Crippen molar-refractivity contribution >= 4 is 20.4 Å². The van der Waals surface area contributed by atoms with Gasteiger partial charge in [0.1, 0.15) is 6.34 Å². The molecule has 17 heavy (non-hydrogen) atoms. The molecule has 1 heterocycles.